The van der Waals surface area contributed by atoms with Crippen molar-refractivity contribution in [2.75, 3.05) is 0 Å². The molecule has 27 heavy (non-hydrogen) atoms. The topological polar surface area (TPSA) is 131 Å². The molecule has 7 heteroatoms. The summed E-state index contributed by atoms with van der Waals surface area (Å²) in [5, 5.41) is 10.2. The predicted molar refractivity (Wildman–Crippen MR) is 101 cm³/mol. The maximum absolute atomic E-state index is 12.2. The Hall–Kier alpha value is -3.16. The van der Waals surface area contributed by atoms with Gasteiger partial charge in [0, 0.05) is 23.5 Å². The maximum atomic E-state index is 12.2. The van der Waals surface area contributed by atoms with Crippen LogP contribution in [0.15, 0.2) is 54.7 Å². The number of fused-ring (bicyclic) bond motifs is 1. The van der Waals surface area contributed by atoms with Crippen LogP contribution in [0.5, 0.6) is 5.75 Å². The molecule has 6 N–H and O–H groups in total. The van der Waals surface area contributed by atoms with Crippen molar-refractivity contribution in [3.63, 3.8) is 0 Å². The van der Waals surface area contributed by atoms with Gasteiger partial charge in [0.25, 0.3) is 0 Å². The first-order chi connectivity index (χ1) is 12.9. The van der Waals surface area contributed by atoms with Gasteiger partial charge in [-0.05, 0) is 35.7 Å². The van der Waals surface area contributed by atoms with Gasteiger partial charge in [0.1, 0.15) is 17.8 Å². The van der Waals surface area contributed by atoms with Crippen LogP contribution >= 0.6 is 0 Å². The van der Waals surface area contributed by atoms with Crippen LogP contribution in [0.3, 0.4) is 0 Å². The van der Waals surface area contributed by atoms with Crippen molar-refractivity contribution in [1.29, 1.82) is 0 Å². The second-order valence-electron chi connectivity index (χ2n) is 6.39. The van der Waals surface area contributed by atoms with E-state index in [0.717, 1.165) is 22.0 Å². The Kier molecular flexibility index (Phi) is 5.54. The number of aromatic hydroxyl groups is 1. The summed E-state index contributed by atoms with van der Waals surface area (Å²) in [6.45, 7) is 0. The van der Waals surface area contributed by atoms with Crippen LogP contribution in [0.4, 0.5) is 0 Å². The quantitative estimate of drug-likeness (QED) is 0.384. The second-order valence-corrected chi connectivity index (χ2v) is 6.39. The first-order valence-electron chi connectivity index (χ1n) is 8.53. The molecule has 1 heterocycles. The van der Waals surface area contributed by atoms with Crippen molar-refractivity contribution >= 4 is 22.8 Å². The lowest BCUT2D eigenvalue weighted by atomic mass is 10.1. The number of aromatic amines is 1. The van der Waals surface area contributed by atoms with Gasteiger partial charge in [-0.2, -0.15) is 0 Å². The van der Waals surface area contributed by atoms with Crippen molar-refractivity contribution in [3.05, 3.63) is 65.9 Å². The Morgan fingerprint density at radius 1 is 0.963 bits per heavy atom. The van der Waals surface area contributed by atoms with Gasteiger partial charge in [-0.15, -0.1) is 0 Å². The number of nitrogens with one attached hydrogen (secondary N) is 1. The zero-order valence-corrected chi connectivity index (χ0v) is 14.6. The normalized spacial score (nSPS) is 13.3. The number of carbonyl (C=O) groups is 2. The summed E-state index contributed by atoms with van der Waals surface area (Å²) < 4.78 is 4.84. The lowest BCUT2D eigenvalue weighted by molar-refractivity contribution is -0.161. The molecule has 0 aliphatic carbocycles. The molecule has 0 aliphatic heterocycles. The number of aromatic nitrogens is 1. The summed E-state index contributed by atoms with van der Waals surface area (Å²) in [6.07, 6.45) is 2.21. The fourth-order valence-corrected chi connectivity index (χ4v) is 2.84. The number of carbonyl (C=O) groups excluding carboxylic acids is 2. The lowest BCUT2D eigenvalue weighted by Crippen LogP contribution is -2.41. The van der Waals surface area contributed by atoms with E-state index in [9.17, 15) is 14.7 Å². The van der Waals surface area contributed by atoms with Gasteiger partial charge in [0.2, 0.25) is 0 Å². The number of phenols is 1. The van der Waals surface area contributed by atoms with Crippen LogP contribution in [-0.4, -0.2) is 34.1 Å². The molecule has 2 aromatic carbocycles. The van der Waals surface area contributed by atoms with E-state index >= 15 is 0 Å². The van der Waals surface area contributed by atoms with Gasteiger partial charge >= 0.3 is 11.9 Å². The Morgan fingerprint density at radius 2 is 1.59 bits per heavy atom. The van der Waals surface area contributed by atoms with E-state index in [1.807, 2.05) is 24.3 Å². The number of hydrogen-bond donors (Lipinski definition) is 4. The van der Waals surface area contributed by atoms with Gasteiger partial charge in [-0.3, -0.25) is 0 Å². The largest absolute Gasteiger partial charge is 0.508 e. The van der Waals surface area contributed by atoms with Crippen LogP contribution < -0.4 is 11.5 Å². The summed E-state index contributed by atoms with van der Waals surface area (Å²) in [7, 11) is 0. The van der Waals surface area contributed by atoms with Crippen LogP contribution in [-0.2, 0) is 27.2 Å². The number of phenolic OH excluding ortho intramolecular Hbond substituents is 1. The molecule has 7 nitrogen and oxygen atoms in total. The third kappa shape index (κ3) is 4.52. The molecule has 1 aromatic heterocycles. The fourth-order valence-electron chi connectivity index (χ4n) is 2.84. The van der Waals surface area contributed by atoms with Crippen molar-refractivity contribution in [3.8, 4) is 5.75 Å². The van der Waals surface area contributed by atoms with Crippen molar-refractivity contribution in [1.82, 2.24) is 4.98 Å². The standard InChI is InChI=1S/C20H21N3O4/c21-16(9-12-5-7-14(24)8-6-12)19(25)27-20(26)17(22)10-13-11-23-18-4-2-1-3-15(13)18/h1-8,11,16-17,23-24H,9-10,21-22H2/t16-,17+/m0/s1. The molecular weight excluding hydrogens is 346 g/mol. The molecule has 0 fully saturated rings. The highest BCUT2D eigenvalue weighted by atomic mass is 16.6. The highest BCUT2D eigenvalue weighted by molar-refractivity contribution is 5.91. The Morgan fingerprint density at radius 3 is 2.30 bits per heavy atom. The van der Waals surface area contributed by atoms with Gasteiger partial charge in [-0.25, -0.2) is 9.59 Å². The highest BCUT2D eigenvalue weighted by Crippen LogP contribution is 2.19. The first kappa shape index (κ1) is 18.6. The predicted octanol–water partition coefficient (Wildman–Crippen LogP) is 1.38. The van der Waals surface area contributed by atoms with Gasteiger partial charge in [0.15, 0.2) is 0 Å². The smallest absolute Gasteiger partial charge is 0.330 e. The Bertz CT molecular complexity index is 949. The number of nitrogens with two attached hydrogens (primary N) is 2. The fraction of sp³-hybridized carbons (Fsp3) is 0.200. The van der Waals surface area contributed by atoms with E-state index in [-0.39, 0.29) is 18.6 Å². The Balaban J connectivity index is 1.56. The monoisotopic (exact) mass is 367 g/mol. The summed E-state index contributed by atoms with van der Waals surface area (Å²) in [5.74, 6) is -1.53. The molecule has 140 valence electrons. The molecule has 0 spiro atoms. The maximum Gasteiger partial charge on any atom is 0.330 e. The van der Waals surface area contributed by atoms with E-state index < -0.39 is 24.0 Å². The first-order valence-corrected chi connectivity index (χ1v) is 8.53. The third-order valence-corrected chi connectivity index (χ3v) is 4.31. The summed E-state index contributed by atoms with van der Waals surface area (Å²) >= 11 is 0. The highest BCUT2D eigenvalue weighted by Gasteiger charge is 2.24. The van der Waals surface area contributed by atoms with E-state index in [1.165, 1.54) is 12.1 Å². The number of H-pyrrole nitrogens is 1. The molecule has 0 saturated carbocycles. The summed E-state index contributed by atoms with van der Waals surface area (Å²) in [4.78, 5) is 27.3. The molecular formula is C20H21N3O4. The van der Waals surface area contributed by atoms with Gasteiger partial charge in [-0.1, -0.05) is 30.3 Å². The average Bonchev–Trinajstić information content (AvgIpc) is 3.06. The van der Waals surface area contributed by atoms with E-state index in [1.54, 1.807) is 18.3 Å². The molecule has 3 rings (SSSR count). The summed E-state index contributed by atoms with van der Waals surface area (Å²) in [5.41, 5.74) is 14.3. The SMILES string of the molecule is N[C@H](Cc1c[nH]c2ccccc12)C(=O)OC(=O)[C@@H](N)Cc1ccc(O)cc1. The third-order valence-electron chi connectivity index (χ3n) is 4.31. The minimum absolute atomic E-state index is 0.119. The Labute approximate surface area is 155 Å². The van der Waals surface area contributed by atoms with E-state index in [4.69, 9.17) is 16.2 Å². The number of hydrogen-bond acceptors (Lipinski definition) is 6. The van der Waals surface area contributed by atoms with E-state index in [0.29, 0.717) is 0 Å². The average molecular weight is 367 g/mol. The molecule has 0 bridgehead atoms. The summed E-state index contributed by atoms with van der Waals surface area (Å²) in [6, 6.07) is 12.0. The number of rotatable bonds is 6. The minimum atomic E-state index is -1.00. The van der Waals surface area contributed by atoms with Crippen LogP contribution in [0, 0.1) is 0 Å². The van der Waals surface area contributed by atoms with Gasteiger partial charge in [0.05, 0.1) is 0 Å². The van der Waals surface area contributed by atoms with Crippen molar-refractivity contribution in [2.24, 2.45) is 11.5 Å². The molecule has 0 radical (unpaired) electrons. The number of para-hydroxylation sites is 1. The number of benzene rings is 2. The molecule has 0 saturated heterocycles. The molecule has 0 amide bonds. The van der Waals surface area contributed by atoms with Crippen molar-refractivity contribution < 1.29 is 19.4 Å². The van der Waals surface area contributed by atoms with Crippen LogP contribution in [0.1, 0.15) is 11.1 Å². The van der Waals surface area contributed by atoms with E-state index in [2.05, 4.69) is 4.98 Å². The second kappa shape index (κ2) is 8.03. The molecule has 2 atom stereocenters. The minimum Gasteiger partial charge on any atom is -0.508 e. The molecule has 0 unspecified atom stereocenters. The molecule has 3 aromatic rings. The van der Waals surface area contributed by atoms with Crippen LogP contribution in [0.2, 0.25) is 0 Å². The molecule has 0 aliphatic rings. The zero-order chi connectivity index (χ0) is 19.4. The lowest BCUT2D eigenvalue weighted by Gasteiger charge is -2.13. The number of ether oxygens (including phenoxy) is 1. The van der Waals surface area contributed by atoms with Crippen molar-refractivity contribution in [2.45, 2.75) is 24.9 Å². The zero-order valence-electron chi connectivity index (χ0n) is 14.6. The van der Waals surface area contributed by atoms with Gasteiger partial charge < -0.3 is 26.3 Å². The van der Waals surface area contributed by atoms with Crippen LogP contribution in [0.25, 0.3) is 10.9 Å². The number of esters is 2.